The topological polar surface area (TPSA) is 30.9 Å². The fourth-order valence-corrected chi connectivity index (χ4v) is 6.48. The molecule has 0 aromatic heterocycles. The average Bonchev–Trinajstić information content (AvgIpc) is 2.55. The van der Waals surface area contributed by atoms with Gasteiger partial charge in [0.15, 0.2) is 0 Å². The molecule has 0 unspecified atom stereocenters. The van der Waals surface area contributed by atoms with Crippen molar-refractivity contribution >= 4 is 32.3 Å². The van der Waals surface area contributed by atoms with E-state index in [0.29, 0.717) is 19.8 Å². The van der Waals surface area contributed by atoms with Crippen LogP contribution in [0, 0.1) is 0 Å². The van der Waals surface area contributed by atoms with Crippen LogP contribution in [0.3, 0.4) is 0 Å². The van der Waals surface area contributed by atoms with E-state index in [1.54, 1.807) is 0 Å². The van der Waals surface area contributed by atoms with Gasteiger partial charge in [0.05, 0.1) is 0 Å². The minimum atomic E-state index is -2.48. The maximum absolute atomic E-state index is 5.96. The van der Waals surface area contributed by atoms with Gasteiger partial charge in [-0.3, -0.25) is 0 Å². The van der Waals surface area contributed by atoms with E-state index < -0.39 is 8.80 Å². The molecule has 0 amide bonds. The van der Waals surface area contributed by atoms with Crippen LogP contribution in [0.2, 0.25) is 6.04 Å². The van der Waals surface area contributed by atoms with Crippen LogP contribution in [0.4, 0.5) is 0 Å². The second-order valence-electron chi connectivity index (χ2n) is 5.32. The fourth-order valence-electron chi connectivity index (χ4n) is 2.53. The number of nitrogens with zero attached hydrogens (tertiary/aromatic N) is 1. The van der Waals surface area contributed by atoms with Gasteiger partial charge in [0.1, 0.15) is 0 Å². The highest BCUT2D eigenvalue weighted by molar-refractivity contribution is 7.99. The predicted octanol–water partition coefficient (Wildman–Crippen LogP) is 4.23. The van der Waals surface area contributed by atoms with Gasteiger partial charge in [-0.1, -0.05) is 13.8 Å². The van der Waals surface area contributed by atoms with Gasteiger partial charge in [-0.25, -0.2) is 0 Å². The minimum absolute atomic E-state index is 0.663. The summed E-state index contributed by atoms with van der Waals surface area (Å²) in [6.07, 6.45) is 1.08. The van der Waals surface area contributed by atoms with Crippen molar-refractivity contribution in [2.75, 3.05) is 62.5 Å². The van der Waals surface area contributed by atoms with Gasteiger partial charge in [-0.15, -0.1) is 0 Å². The Morgan fingerprint density at radius 1 is 0.708 bits per heavy atom. The molecule has 0 N–H and O–H groups in total. The van der Waals surface area contributed by atoms with E-state index in [1.165, 1.54) is 36.1 Å². The molecule has 0 saturated heterocycles. The van der Waals surface area contributed by atoms with Crippen molar-refractivity contribution < 1.29 is 13.3 Å². The molecule has 146 valence electrons. The Hall–Kier alpha value is 0.757. The lowest BCUT2D eigenvalue weighted by Gasteiger charge is -2.29. The largest absolute Gasteiger partial charge is 0.500 e. The van der Waals surface area contributed by atoms with E-state index in [4.69, 9.17) is 13.3 Å². The smallest absolute Gasteiger partial charge is 0.374 e. The van der Waals surface area contributed by atoms with Gasteiger partial charge in [-0.2, -0.15) is 23.5 Å². The summed E-state index contributed by atoms with van der Waals surface area (Å²) >= 11 is 4.05. The van der Waals surface area contributed by atoms with Gasteiger partial charge in [0.25, 0.3) is 0 Å². The summed E-state index contributed by atoms with van der Waals surface area (Å²) in [6, 6.07) is 0.918. The van der Waals surface area contributed by atoms with Crippen molar-refractivity contribution in [2.45, 2.75) is 47.1 Å². The Kier molecular flexibility index (Phi) is 17.7. The second kappa shape index (κ2) is 17.2. The monoisotopic (exact) mass is 397 g/mol. The van der Waals surface area contributed by atoms with E-state index >= 15 is 0 Å². The maximum Gasteiger partial charge on any atom is 0.500 e. The molecule has 0 fully saturated rings. The summed E-state index contributed by atoms with van der Waals surface area (Å²) < 4.78 is 17.9. The van der Waals surface area contributed by atoms with Gasteiger partial charge >= 0.3 is 8.80 Å². The normalized spacial score (nSPS) is 12.2. The summed E-state index contributed by atoms with van der Waals surface area (Å²) in [5.74, 6) is 4.84. The molecule has 0 aliphatic heterocycles. The summed E-state index contributed by atoms with van der Waals surface area (Å²) in [7, 11) is -2.48. The van der Waals surface area contributed by atoms with Crippen LogP contribution in [0.1, 0.15) is 41.0 Å². The van der Waals surface area contributed by atoms with Crippen molar-refractivity contribution in [2.24, 2.45) is 0 Å². The quantitative estimate of drug-likeness (QED) is 0.254. The standard InChI is InChI=1S/C17H39NO3S2Si/c1-6-19-24(20-7-2,21-8-3)17-11-12-18(13-15-22-9-4)14-16-23-10-5/h6-17H2,1-5H3. The third kappa shape index (κ3) is 12.2. The molecular formula is C17H39NO3S2Si. The molecule has 0 saturated carbocycles. The van der Waals surface area contributed by atoms with E-state index in [9.17, 15) is 0 Å². The highest BCUT2D eigenvalue weighted by atomic mass is 32.2. The SMILES string of the molecule is CCO[Si](CCCN(CCSCC)CCSCC)(OCC)OCC. The van der Waals surface area contributed by atoms with Crippen molar-refractivity contribution in [1.82, 2.24) is 4.90 Å². The van der Waals surface area contributed by atoms with Gasteiger partial charge in [0.2, 0.25) is 0 Å². The Morgan fingerprint density at radius 3 is 1.54 bits per heavy atom. The molecule has 0 aliphatic carbocycles. The van der Waals surface area contributed by atoms with Crippen LogP contribution < -0.4 is 0 Å². The molecule has 0 spiro atoms. The Bertz CT molecular complexity index is 249. The van der Waals surface area contributed by atoms with Crippen molar-refractivity contribution in [3.8, 4) is 0 Å². The Morgan fingerprint density at radius 2 is 1.17 bits per heavy atom. The second-order valence-corrected chi connectivity index (χ2v) is 10.8. The van der Waals surface area contributed by atoms with Crippen LogP contribution in [-0.2, 0) is 13.3 Å². The lowest BCUT2D eigenvalue weighted by Crippen LogP contribution is -2.46. The van der Waals surface area contributed by atoms with E-state index in [0.717, 1.165) is 19.0 Å². The zero-order valence-corrected chi connectivity index (χ0v) is 19.1. The number of hydrogen-bond acceptors (Lipinski definition) is 6. The summed E-state index contributed by atoms with van der Waals surface area (Å²) in [6.45, 7) is 16.0. The summed E-state index contributed by atoms with van der Waals surface area (Å²) in [5.41, 5.74) is 0. The Labute approximate surface area is 160 Å². The van der Waals surface area contributed by atoms with Crippen molar-refractivity contribution in [3.05, 3.63) is 0 Å². The first-order valence-electron chi connectivity index (χ1n) is 9.47. The third-order valence-corrected chi connectivity index (χ3v) is 8.47. The van der Waals surface area contributed by atoms with Crippen LogP contribution >= 0.6 is 23.5 Å². The molecule has 7 heteroatoms. The molecule has 0 bridgehead atoms. The highest BCUT2D eigenvalue weighted by Crippen LogP contribution is 2.19. The molecule has 0 aliphatic rings. The van der Waals surface area contributed by atoms with Crippen LogP contribution in [0.5, 0.6) is 0 Å². The van der Waals surface area contributed by atoms with E-state index in [1.807, 2.05) is 44.3 Å². The Balaban J connectivity index is 4.42. The molecule has 0 aromatic carbocycles. The lowest BCUT2D eigenvalue weighted by atomic mass is 10.4. The van der Waals surface area contributed by atoms with Crippen LogP contribution in [-0.4, -0.2) is 76.2 Å². The number of hydrogen-bond donors (Lipinski definition) is 0. The maximum atomic E-state index is 5.96. The average molecular weight is 398 g/mol. The zero-order valence-electron chi connectivity index (χ0n) is 16.5. The van der Waals surface area contributed by atoms with Crippen LogP contribution in [0.15, 0.2) is 0 Å². The number of thioether (sulfide) groups is 2. The molecule has 4 nitrogen and oxygen atoms in total. The summed E-state index contributed by atoms with van der Waals surface area (Å²) in [4.78, 5) is 2.59. The number of rotatable bonds is 18. The van der Waals surface area contributed by atoms with Gasteiger partial charge in [0, 0.05) is 50.5 Å². The summed E-state index contributed by atoms with van der Waals surface area (Å²) in [5, 5.41) is 0. The zero-order chi connectivity index (χ0) is 18.1. The molecule has 0 rings (SSSR count). The molecule has 0 heterocycles. The first kappa shape index (κ1) is 24.8. The minimum Gasteiger partial charge on any atom is -0.374 e. The molecule has 0 radical (unpaired) electrons. The first-order valence-corrected chi connectivity index (χ1v) is 13.7. The lowest BCUT2D eigenvalue weighted by molar-refractivity contribution is 0.0700. The van der Waals surface area contributed by atoms with Crippen molar-refractivity contribution in [3.63, 3.8) is 0 Å². The molecule has 24 heavy (non-hydrogen) atoms. The van der Waals surface area contributed by atoms with E-state index in [-0.39, 0.29) is 0 Å². The molecular weight excluding hydrogens is 358 g/mol. The van der Waals surface area contributed by atoms with Crippen molar-refractivity contribution in [1.29, 1.82) is 0 Å². The van der Waals surface area contributed by atoms with Crippen LogP contribution in [0.25, 0.3) is 0 Å². The first-order chi connectivity index (χ1) is 11.7. The molecule has 0 atom stereocenters. The predicted molar refractivity (Wildman–Crippen MR) is 112 cm³/mol. The van der Waals surface area contributed by atoms with Gasteiger partial charge < -0.3 is 18.2 Å². The molecule has 0 aromatic rings. The fraction of sp³-hybridized carbons (Fsp3) is 1.00. The van der Waals surface area contributed by atoms with Gasteiger partial charge in [-0.05, 0) is 45.2 Å². The highest BCUT2D eigenvalue weighted by Gasteiger charge is 2.39. The van der Waals surface area contributed by atoms with E-state index in [2.05, 4.69) is 18.7 Å². The third-order valence-electron chi connectivity index (χ3n) is 3.56.